The molecule has 0 aromatic heterocycles. The number of anilines is 1. The van der Waals surface area contributed by atoms with Crippen molar-refractivity contribution in [2.75, 3.05) is 11.9 Å². The van der Waals surface area contributed by atoms with Crippen LogP contribution in [0.4, 0.5) is 5.69 Å². The molecule has 0 aliphatic heterocycles. The fraction of sp³-hybridized carbons (Fsp3) is 0.360. The summed E-state index contributed by atoms with van der Waals surface area (Å²) in [4.78, 5) is 49.8. The summed E-state index contributed by atoms with van der Waals surface area (Å²) >= 11 is 0. The maximum absolute atomic E-state index is 12.8. The van der Waals surface area contributed by atoms with Gasteiger partial charge in [0.2, 0.25) is 0 Å². The molecule has 3 aliphatic carbocycles. The van der Waals surface area contributed by atoms with E-state index in [9.17, 15) is 19.2 Å². The molecule has 5 rings (SSSR count). The van der Waals surface area contributed by atoms with Crippen molar-refractivity contribution in [3.05, 3.63) is 64.7 Å². The molecule has 6 nitrogen and oxygen atoms in total. The van der Waals surface area contributed by atoms with E-state index in [4.69, 9.17) is 4.74 Å². The minimum atomic E-state index is -0.476. The molecule has 0 heterocycles. The van der Waals surface area contributed by atoms with E-state index in [1.54, 1.807) is 36.4 Å². The van der Waals surface area contributed by atoms with Crippen LogP contribution in [0.25, 0.3) is 0 Å². The number of ether oxygens (including phenoxy) is 1. The van der Waals surface area contributed by atoms with Crippen LogP contribution in [0, 0.1) is 17.8 Å². The van der Waals surface area contributed by atoms with Gasteiger partial charge in [0.1, 0.15) is 0 Å². The molecule has 2 aromatic rings. The number of carbonyl (C=O) groups is 4. The zero-order chi connectivity index (χ0) is 21.5. The second kappa shape index (κ2) is 7.76. The SMILES string of the molecule is O=C(COC(=O)C[C@H]1C[C@H]2CC[C@@H]1C2)Nc1ccc2c(c1)C(=O)c1ccccc1C2=O. The predicted molar refractivity (Wildman–Crippen MR) is 113 cm³/mol. The summed E-state index contributed by atoms with van der Waals surface area (Å²) in [5.41, 5.74) is 1.71. The molecule has 31 heavy (non-hydrogen) atoms. The first kappa shape index (κ1) is 19.7. The zero-order valence-corrected chi connectivity index (χ0v) is 17.1. The molecule has 3 aliphatic rings. The van der Waals surface area contributed by atoms with E-state index in [0.717, 1.165) is 12.3 Å². The highest BCUT2D eigenvalue weighted by Gasteiger charge is 2.40. The van der Waals surface area contributed by atoms with Gasteiger partial charge in [-0.1, -0.05) is 30.7 Å². The van der Waals surface area contributed by atoms with E-state index >= 15 is 0 Å². The zero-order valence-electron chi connectivity index (χ0n) is 17.1. The summed E-state index contributed by atoms with van der Waals surface area (Å²) in [5.74, 6) is 0.508. The number of hydrogen-bond acceptors (Lipinski definition) is 5. The minimum Gasteiger partial charge on any atom is -0.456 e. The Morgan fingerprint density at radius 1 is 0.903 bits per heavy atom. The van der Waals surface area contributed by atoms with Crippen LogP contribution in [0.2, 0.25) is 0 Å². The number of fused-ring (bicyclic) bond motifs is 4. The topological polar surface area (TPSA) is 89.5 Å². The Hall–Kier alpha value is -3.28. The van der Waals surface area contributed by atoms with Gasteiger partial charge in [-0.3, -0.25) is 19.2 Å². The number of benzene rings is 2. The van der Waals surface area contributed by atoms with Crippen molar-refractivity contribution in [2.24, 2.45) is 17.8 Å². The first-order valence-corrected chi connectivity index (χ1v) is 10.8. The van der Waals surface area contributed by atoms with Crippen molar-refractivity contribution < 1.29 is 23.9 Å². The van der Waals surface area contributed by atoms with Crippen LogP contribution in [-0.2, 0) is 14.3 Å². The summed E-state index contributed by atoms with van der Waals surface area (Å²) in [6.07, 6.45) is 5.18. The predicted octanol–water partition coefficient (Wildman–Crippen LogP) is 3.77. The second-order valence-corrected chi connectivity index (χ2v) is 8.81. The lowest BCUT2D eigenvalue weighted by atomic mass is 9.84. The fourth-order valence-corrected chi connectivity index (χ4v) is 5.42. The molecular formula is C25H23NO5. The molecule has 2 saturated carbocycles. The maximum Gasteiger partial charge on any atom is 0.306 e. The maximum atomic E-state index is 12.8. The van der Waals surface area contributed by atoms with Gasteiger partial charge in [0.05, 0.1) is 0 Å². The summed E-state index contributed by atoms with van der Waals surface area (Å²) < 4.78 is 5.17. The van der Waals surface area contributed by atoms with E-state index < -0.39 is 5.91 Å². The van der Waals surface area contributed by atoms with Gasteiger partial charge in [0.15, 0.2) is 18.2 Å². The molecule has 0 unspecified atom stereocenters. The van der Waals surface area contributed by atoms with E-state index in [1.165, 1.54) is 25.3 Å². The van der Waals surface area contributed by atoms with Crippen LogP contribution in [-0.4, -0.2) is 30.0 Å². The van der Waals surface area contributed by atoms with Gasteiger partial charge in [0.25, 0.3) is 5.91 Å². The number of carbonyl (C=O) groups excluding carboxylic acids is 4. The highest BCUT2D eigenvalue weighted by Crippen LogP contribution is 2.49. The standard InChI is InChI=1S/C25H23NO5/c27-22(13-31-23(28)11-16-10-14-5-6-15(16)9-14)26-17-7-8-20-21(12-17)25(30)19-4-2-1-3-18(19)24(20)29/h1-4,7-8,12,14-16H,5-6,9-11,13H2,(H,26,27)/t14-,15+,16+/m0/s1. The highest BCUT2D eigenvalue weighted by atomic mass is 16.5. The Morgan fingerprint density at radius 2 is 1.61 bits per heavy atom. The van der Waals surface area contributed by atoms with Crippen LogP contribution in [0.15, 0.2) is 42.5 Å². The monoisotopic (exact) mass is 417 g/mol. The van der Waals surface area contributed by atoms with Crippen molar-refractivity contribution in [1.82, 2.24) is 0 Å². The molecule has 2 aromatic carbocycles. The average Bonchev–Trinajstić information content (AvgIpc) is 3.39. The third kappa shape index (κ3) is 3.67. The average molecular weight is 417 g/mol. The first-order chi connectivity index (χ1) is 15.0. The van der Waals surface area contributed by atoms with Gasteiger partial charge >= 0.3 is 5.97 Å². The number of ketones is 2. The quantitative estimate of drug-likeness (QED) is 0.639. The first-order valence-electron chi connectivity index (χ1n) is 10.8. The molecule has 0 radical (unpaired) electrons. The molecule has 1 N–H and O–H groups in total. The molecule has 2 bridgehead atoms. The number of nitrogens with one attached hydrogen (secondary N) is 1. The Morgan fingerprint density at radius 3 is 2.29 bits per heavy atom. The molecule has 3 atom stereocenters. The third-order valence-corrected chi connectivity index (χ3v) is 6.89. The molecule has 6 heteroatoms. The summed E-state index contributed by atoms with van der Waals surface area (Å²) in [5, 5.41) is 2.65. The lowest BCUT2D eigenvalue weighted by Gasteiger charge is -2.20. The van der Waals surface area contributed by atoms with Crippen molar-refractivity contribution in [1.29, 1.82) is 0 Å². The number of amides is 1. The van der Waals surface area contributed by atoms with Gasteiger partial charge in [-0.15, -0.1) is 0 Å². The van der Waals surface area contributed by atoms with Crippen LogP contribution in [0.3, 0.4) is 0 Å². The summed E-state index contributed by atoms with van der Waals surface area (Å²) in [6.45, 7) is -0.369. The van der Waals surface area contributed by atoms with Crippen LogP contribution >= 0.6 is 0 Å². The fourth-order valence-electron chi connectivity index (χ4n) is 5.42. The van der Waals surface area contributed by atoms with Gasteiger partial charge in [-0.2, -0.15) is 0 Å². The van der Waals surface area contributed by atoms with E-state index in [2.05, 4.69) is 5.32 Å². The van der Waals surface area contributed by atoms with Crippen LogP contribution in [0.1, 0.15) is 63.9 Å². The number of rotatable bonds is 5. The Balaban J connectivity index is 1.20. The van der Waals surface area contributed by atoms with Crippen molar-refractivity contribution in [3.8, 4) is 0 Å². The molecule has 2 fully saturated rings. The van der Waals surface area contributed by atoms with E-state index in [-0.39, 0.29) is 29.7 Å². The smallest absolute Gasteiger partial charge is 0.306 e. The van der Waals surface area contributed by atoms with Gasteiger partial charge in [0, 0.05) is 34.4 Å². The molecule has 158 valence electrons. The normalized spacial score (nSPS) is 23.3. The summed E-state index contributed by atoms with van der Waals surface area (Å²) in [7, 11) is 0. The minimum absolute atomic E-state index is 0.211. The second-order valence-electron chi connectivity index (χ2n) is 8.81. The van der Waals surface area contributed by atoms with E-state index in [0.29, 0.717) is 40.6 Å². The van der Waals surface area contributed by atoms with Gasteiger partial charge in [-0.25, -0.2) is 0 Å². The van der Waals surface area contributed by atoms with Crippen LogP contribution < -0.4 is 5.32 Å². The lowest BCUT2D eigenvalue weighted by molar-refractivity contribution is -0.148. The number of esters is 1. The van der Waals surface area contributed by atoms with Crippen LogP contribution in [0.5, 0.6) is 0 Å². The summed E-state index contributed by atoms with van der Waals surface area (Å²) in [6, 6.07) is 11.3. The van der Waals surface area contributed by atoms with Gasteiger partial charge < -0.3 is 10.1 Å². The molecule has 0 spiro atoms. The lowest BCUT2D eigenvalue weighted by Crippen LogP contribution is -2.24. The number of hydrogen-bond donors (Lipinski definition) is 1. The third-order valence-electron chi connectivity index (χ3n) is 6.89. The Labute approximate surface area is 180 Å². The molecular weight excluding hydrogens is 394 g/mol. The molecule has 0 saturated heterocycles. The van der Waals surface area contributed by atoms with Crippen molar-refractivity contribution >= 4 is 29.1 Å². The largest absolute Gasteiger partial charge is 0.456 e. The Bertz CT molecular complexity index is 1100. The highest BCUT2D eigenvalue weighted by molar-refractivity contribution is 6.28. The van der Waals surface area contributed by atoms with Crippen molar-refractivity contribution in [3.63, 3.8) is 0 Å². The molecule has 1 amide bonds. The van der Waals surface area contributed by atoms with E-state index in [1.807, 2.05) is 0 Å². The van der Waals surface area contributed by atoms with Crippen molar-refractivity contribution in [2.45, 2.75) is 32.1 Å². The van der Waals surface area contributed by atoms with Gasteiger partial charge in [-0.05, 0) is 55.2 Å². The Kier molecular flexibility index (Phi) is 4.93.